The van der Waals surface area contributed by atoms with Crippen molar-refractivity contribution in [2.45, 2.75) is 25.8 Å². The van der Waals surface area contributed by atoms with Gasteiger partial charge in [-0.2, -0.15) is 0 Å². The molecule has 0 unspecified atom stereocenters. The summed E-state index contributed by atoms with van der Waals surface area (Å²) in [6.45, 7) is 6.14. The summed E-state index contributed by atoms with van der Waals surface area (Å²) in [4.78, 5) is 34.4. The van der Waals surface area contributed by atoms with Crippen molar-refractivity contribution in [3.63, 3.8) is 0 Å². The number of carbonyl (C=O) groups is 1. The van der Waals surface area contributed by atoms with Gasteiger partial charge in [-0.25, -0.2) is 9.78 Å². The zero-order valence-corrected chi connectivity index (χ0v) is 17.9. The number of nitrogens with one attached hydrogen (secondary N) is 5. The quantitative estimate of drug-likeness (QED) is 0.341. The third-order valence-electron chi connectivity index (χ3n) is 5.81. The van der Waals surface area contributed by atoms with Gasteiger partial charge in [-0.1, -0.05) is 19.9 Å². The SMILES string of the molecule is CC1(C)CNCc2cc(NC(=O)c3cccnc3Nc3ccc4[nH]c(=O)[nH]c4c3)ccc21. The number of benzene rings is 2. The van der Waals surface area contributed by atoms with Crippen molar-refractivity contribution in [2.24, 2.45) is 0 Å². The predicted octanol–water partition coefficient (Wildman–Crippen LogP) is 3.63. The fourth-order valence-electron chi connectivity index (χ4n) is 4.22. The third kappa shape index (κ3) is 3.76. The Hall–Kier alpha value is -3.91. The highest BCUT2D eigenvalue weighted by Crippen LogP contribution is 2.31. The molecule has 8 nitrogen and oxygen atoms in total. The average Bonchev–Trinajstić information content (AvgIpc) is 3.13. The average molecular weight is 428 g/mol. The van der Waals surface area contributed by atoms with Crippen molar-refractivity contribution in [3.8, 4) is 0 Å². The van der Waals surface area contributed by atoms with Gasteiger partial charge in [0.15, 0.2) is 0 Å². The highest BCUT2D eigenvalue weighted by molar-refractivity contribution is 6.08. The lowest BCUT2D eigenvalue weighted by molar-refractivity contribution is 0.102. The summed E-state index contributed by atoms with van der Waals surface area (Å²) in [6, 6.07) is 14.9. The molecule has 3 heterocycles. The Kier molecular flexibility index (Phi) is 4.79. The molecule has 0 radical (unpaired) electrons. The molecular formula is C24H24N6O2. The topological polar surface area (TPSA) is 115 Å². The number of anilines is 3. The van der Waals surface area contributed by atoms with Crippen LogP contribution in [0.3, 0.4) is 0 Å². The number of carbonyl (C=O) groups excluding carboxylic acids is 1. The summed E-state index contributed by atoms with van der Waals surface area (Å²) < 4.78 is 0. The van der Waals surface area contributed by atoms with Gasteiger partial charge in [-0.05, 0) is 53.6 Å². The summed E-state index contributed by atoms with van der Waals surface area (Å²) in [6.07, 6.45) is 1.63. The molecule has 8 heteroatoms. The maximum atomic E-state index is 13.1. The summed E-state index contributed by atoms with van der Waals surface area (Å²) in [7, 11) is 0. The Labute approximate surface area is 184 Å². The molecule has 2 aromatic heterocycles. The molecular weight excluding hydrogens is 404 g/mol. The van der Waals surface area contributed by atoms with Crippen molar-refractivity contribution < 1.29 is 4.79 Å². The van der Waals surface area contributed by atoms with Gasteiger partial charge in [0, 0.05) is 36.1 Å². The van der Waals surface area contributed by atoms with E-state index in [9.17, 15) is 9.59 Å². The first kappa shape index (κ1) is 20.0. The Morgan fingerprint density at radius 1 is 1.03 bits per heavy atom. The number of fused-ring (bicyclic) bond motifs is 2. The van der Waals surface area contributed by atoms with Crippen molar-refractivity contribution >= 4 is 34.1 Å². The van der Waals surface area contributed by atoms with Crippen LogP contribution in [0, 0.1) is 0 Å². The Bertz CT molecular complexity index is 1380. The number of nitrogens with zero attached hydrogens (tertiary/aromatic N) is 1. The monoisotopic (exact) mass is 428 g/mol. The second-order valence-electron chi connectivity index (χ2n) is 8.68. The van der Waals surface area contributed by atoms with Crippen molar-refractivity contribution in [3.05, 3.63) is 81.9 Å². The van der Waals surface area contributed by atoms with E-state index < -0.39 is 0 Å². The standard InChI is InChI=1S/C24H24N6O2/c1-24(2)13-25-12-14-10-15(5-7-18(14)24)28-22(31)17-4-3-9-26-21(17)27-16-6-8-19-20(11-16)30-23(32)29-19/h3-11,25H,12-13H2,1-2H3,(H,26,27)(H,28,31)(H2,29,30,32). The molecule has 1 aliphatic rings. The van der Waals surface area contributed by atoms with Gasteiger partial charge < -0.3 is 25.9 Å². The summed E-state index contributed by atoms with van der Waals surface area (Å²) in [5, 5.41) is 9.62. The number of H-pyrrole nitrogens is 2. The lowest BCUT2D eigenvalue weighted by Crippen LogP contribution is -2.38. The molecule has 32 heavy (non-hydrogen) atoms. The Morgan fingerprint density at radius 2 is 1.84 bits per heavy atom. The van der Waals surface area contributed by atoms with E-state index in [1.165, 1.54) is 11.1 Å². The number of amides is 1. The van der Waals surface area contributed by atoms with Crippen molar-refractivity contribution in [2.75, 3.05) is 17.2 Å². The minimum absolute atomic E-state index is 0.0570. The Balaban J connectivity index is 1.39. The fraction of sp³-hybridized carbons (Fsp3) is 0.208. The molecule has 1 amide bonds. The van der Waals surface area contributed by atoms with Crippen LogP contribution < -0.4 is 21.6 Å². The van der Waals surface area contributed by atoms with Gasteiger partial charge in [-0.3, -0.25) is 4.79 Å². The number of rotatable bonds is 4. The minimum Gasteiger partial charge on any atom is -0.340 e. The van der Waals surface area contributed by atoms with Crippen LogP contribution in [0.2, 0.25) is 0 Å². The second kappa shape index (κ2) is 7.65. The third-order valence-corrected chi connectivity index (χ3v) is 5.81. The fourth-order valence-corrected chi connectivity index (χ4v) is 4.22. The van der Waals surface area contributed by atoms with Crippen molar-refractivity contribution in [1.29, 1.82) is 0 Å². The maximum Gasteiger partial charge on any atom is 0.323 e. The molecule has 0 fully saturated rings. The number of aromatic nitrogens is 3. The van der Waals surface area contributed by atoms with E-state index >= 15 is 0 Å². The van der Waals surface area contributed by atoms with Crippen LogP contribution in [-0.4, -0.2) is 27.4 Å². The number of imidazole rings is 1. The van der Waals surface area contributed by atoms with Crippen molar-refractivity contribution in [1.82, 2.24) is 20.3 Å². The number of pyridine rings is 1. The molecule has 0 bridgehead atoms. The number of hydrogen-bond acceptors (Lipinski definition) is 5. The van der Waals surface area contributed by atoms with E-state index in [0.29, 0.717) is 28.1 Å². The van der Waals surface area contributed by atoms with E-state index in [4.69, 9.17) is 0 Å². The molecule has 5 rings (SSSR count). The van der Waals surface area contributed by atoms with Crippen LogP contribution in [0.1, 0.15) is 35.3 Å². The molecule has 0 saturated heterocycles. The van der Waals surface area contributed by atoms with E-state index in [-0.39, 0.29) is 17.0 Å². The van der Waals surface area contributed by atoms with Gasteiger partial charge in [0.05, 0.1) is 16.6 Å². The van der Waals surface area contributed by atoms with Gasteiger partial charge in [-0.15, -0.1) is 0 Å². The molecule has 0 aliphatic carbocycles. The van der Waals surface area contributed by atoms with Crippen LogP contribution in [0.15, 0.2) is 59.5 Å². The van der Waals surface area contributed by atoms with Gasteiger partial charge >= 0.3 is 5.69 Å². The summed E-state index contributed by atoms with van der Waals surface area (Å²) in [5.41, 5.74) is 5.55. The van der Waals surface area contributed by atoms with Gasteiger partial charge in [0.25, 0.3) is 5.91 Å². The predicted molar refractivity (Wildman–Crippen MR) is 126 cm³/mol. The summed E-state index contributed by atoms with van der Waals surface area (Å²) in [5.74, 6) is 0.183. The lowest BCUT2D eigenvalue weighted by atomic mass is 9.79. The van der Waals surface area contributed by atoms with E-state index in [2.05, 4.69) is 50.8 Å². The highest BCUT2D eigenvalue weighted by Gasteiger charge is 2.27. The van der Waals surface area contributed by atoms with E-state index in [1.54, 1.807) is 30.5 Å². The molecule has 1 aliphatic heterocycles. The molecule has 162 valence electrons. The van der Waals surface area contributed by atoms with Gasteiger partial charge in [0.1, 0.15) is 5.82 Å². The molecule has 0 spiro atoms. The first-order chi connectivity index (χ1) is 15.4. The molecule has 5 N–H and O–H groups in total. The molecule has 0 saturated carbocycles. The Morgan fingerprint density at radius 3 is 2.72 bits per heavy atom. The van der Waals surface area contributed by atoms with Crippen LogP contribution in [0.4, 0.5) is 17.2 Å². The normalized spacial score (nSPS) is 14.7. The van der Waals surface area contributed by atoms with Crippen LogP contribution in [0.5, 0.6) is 0 Å². The van der Waals surface area contributed by atoms with Crippen LogP contribution in [0.25, 0.3) is 11.0 Å². The maximum absolute atomic E-state index is 13.1. The summed E-state index contributed by atoms with van der Waals surface area (Å²) >= 11 is 0. The first-order valence-corrected chi connectivity index (χ1v) is 10.5. The lowest BCUT2D eigenvalue weighted by Gasteiger charge is -2.33. The molecule has 0 atom stereocenters. The number of aromatic amines is 2. The molecule has 4 aromatic rings. The second-order valence-corrected chi connectivity index (χ2v) is 8.68. The first-order valence-electron chi connectivity index (χ1n) is 10.5. The van der Waals surface area contributed by atoms with Crippen LogP contribution in [-0.2, 0) is 12.0 Å². The smallest absolute Gasteiger partial charge is 0.323 e. The van der Waals surface area contributed by atoms with E-state index in [0.717, 1.165) is 18.8 Å². The largest absolute Gasteiger partial charge is 0.340 e. The van der Waals surface area contributed by atoms with E-state index in [1.807, 2.05) is 18.2 Å². The van der Waals surface area contributed by atoms with Crippen LogP contribution >= 0.6 is 0 Å². The van der Waals surface area contributed by atoms with Gasteiger partial charge in [0.2, 0.25) is 0 Å². The minimum atomic E-state index is -0.265. The number of hydrogen-bond donors (Lipinski definition) is 5. The zero-order valence-electron chi connectivity index (χ0n) is 17.9. The molecule has 2 aromatic carbocycles. The zero-order chi connectivity index (χ0) is 22.3. The highest BCUT2D eigenvalue weighted by atomic mass is 16.2.